The van der Waals surface area contributed by atoms with Crippen LogP contribution in [-0.4, -0.2) is 6.61 Å². The molecular weight excluding hydrogens is 402 g/mol. The van der Waals surface area contributed by atoms with Crippen molar-refractivity contribution in [3.63, 3.8) is 0 Å². The third-order valence-electron chi connectivity index (χ3n) is 2.47. The molecule has 1 unspecified atom stereocenters. The van der Waals surface area contributed by atoms with Gasteiger partial charge >= 0.3 is 0 Å². The second-order valence-corrected chi connectivity index (χ2v) is 5.79. The van der Waals surface area contributed by atoms with Gasteiger partial charge in [0, 0.05) is 7.16 Å². The Morgan fingerprint density at radius 2 is 1.86 bits per heavy atom. The molecule has 3 heteroatoms. The number of hydrogen-bond donors (Lipinski definition) is 0. The van der Waals surface area contributed by atoms with Gasteiger partial charge in [0.05, 0.1) is 6.61 Å². The fourth-order valence-corrected chi connectivity index (χ4v) is 2.85. The summed E-state index contributed by atoms with van der Waals surface area (Å²) in [7, 11) is 0. The Bertz CT molecular complexity index is 372. The molecule has 0 aromatic heterocycles. The van der Waals surface area contributed by atoms with Gasteiger partial charge in [-0.05, 0) is 57.7 Å². The van der Waals surface area contributed by atoms with Crippen LogP contribution in [0.3, 0.4) is 0 Å². The van der Waals surface area contributed by atoms with Gasteiger partial charge in [0.1, 0.15) is 5.60 Å². The zero-order valence-corrected chi connectivity index (χ0v) is 12.1. The first-order valence-electron chi connectivity index (χ1n) is 4.39. The highest BCUT2D eigenvalue weighted by Gasteiger charge is 2.37. The third-order valence-corrected chi connectivity index (χ3v) is 6.03. The summed E-state index contributed by atoms with van der Waals surface area (Å²) < 4.78 is 8.48. The monoisotopic (exact) mass is 412 g/mol. The van der Waals surface area contributed by atoms with Crippen LogP contribution in [0.2, 0.25) is 0 Å². The molecule has 1 aliphatic heterocycles. The Morgan fingerprint density at radius 3 is 2.36 bits per heavy atom. The predicted octanol–water partition coefficient (Wildman–Crippen LogP) is 4.01. The van der Waals surface area contributed by atoms with E-state index in [1.165, 1.54) is 12.7 Å². The van der Waals surface area contributed by atoms with Crippen LogP contribution < -0.4 is 0 Å². The summed E-state index contributed by atoms with van der Waals surface area (Å²) in [6.07, 6.45) is 0. The zero-order valence-electron chi connectivity index (χ0n) is 7.76. The number of halogens is 2. The topological polar surface area (TPSA) is 9.23 Å². The highest BCUT2D eigenvalue weighted by atomic mass is 127. The van der Waals surface area contributed by atoms with Gasteiger partial charge in [0.15, 0.2) is 0 Å². The maximum absolute atomic E-state index is 5.86. The van der Waals surface area contributed by atoms with Crippen LogP contribution in [0.5, 0.6) is 0 Å². The average Bonchev–Trinajstić information content (AvgIpc) is 2.49. The Morgan fingerprint density at radius 1 is 1.21 bits per heavy atom. The maximum atomic E-state index is 5.86. The first kappa shape index (κ1) is 10.9. The molecule has 14 heavy (non-hydrogen) atoms. The Labute approximate surface area is 111 Å². The summed E-state index contributed by atoms with van der Waals surface area (Å²) in [6, 6.07) is 10.4. The first-order valence-corrected chi connectivity index (χ1v) is 6.54. The lowest BCUT2D eigenvalue weighted by atomic mass is 9.97. The summed E-state index contributed by atoms with van der Waals surface area (Å²) in [5.41, 5.74) is 1.01. The Balaban J connectivity index is 2.45. The molecule has 1 heterocycles. The Kier molecular flexibility index (Phi) is 3.18. The van der Waals surface area contributed by atoms with E-state index in [-0.39, 0.29) is 5.60 Å². The van der Waals surface area contributed by atoms with Crippen molar-refractivity contribution in [3.05, 3.63) is 43.1 Å². The minimum Gasteiger partial charge on any atom is -0.360 e. The lowest BCUT2D eigenvalue weighted by Gasteiger charge is -2.24. The van der Waals surface area contributed by atoms with E-state index in [1.54, 1.807) is 0 Å². The van der Waals surface area contributed by atoms with Crippen molar-refractivity contribution in [3.8, 4) is 0 Å². The second-order valence-electron chi connectivity index (χ2n) is 3.41. The molecule has 1 aliphatic rings. The van der Waals surface area contributed by atoms with Crippen LogP contribution in [0, 0.1) is 0 Å². The molecule has 1 aromatic rings. The molecule has 1 atom stereocenters. The molecule has 0 aliphatic carbocycles. The lowest BCUT2D eigenvalue weighted by molar-refractivity contribution is 0.0375. The number of benzene rings is 1. The molecule has 0 spiro atoms. The lowest BCUT2D eigenvalue weighted by Crippen LogP contribution is -2.21. The first-order chi connectivity index (χ1) is 6.64. The molecule has 2 rings (SSSR count). The van der Waals surface area contributed by atoms with Crippen molar-refractivity contribution in [2.24, 2.45) is 0 Å². The highest BCUT2D eigenvalue weighted by molar-refractivity contribution is 14.1. The maximum Gasteiger partial charge on any atom is 0.122 e. The van der Waals surface area contributed by atoms with Gasteiger partial charge in [0.2, 0.25) is 0 Å². The van der Waals surface area contributed by atoms with Crippen LogP contribution in [-0.2, 0) is 10.3 Å². The molecule has 1 aromatic carbocycles. The van der Waals surface area contributed by atoms with Gasteiger partial charge in [-0.15, -0.1) is 0 Å². The van der Waals surface area contributed by atoms with E-state index in [4.69, 9.17) is 4.74 Å². The standard InChI is InChI=1S/C11H10I2O/c1-11(8-5-3-2-4-6-8)10(13)9(12)7-14-11/h2-6H,7H2,1H3. The second kappa shape index (κ2) is 4.09. The van der Waals surface area contributed by atoms with Crippen molar-refractivity contribution in [1.82, 2.24) is 0 Å². The molecule has 74 valence electrons. The van der Waals surface area contributed by atoms with Gasteiger partial charge < -0.3 is 4.74 Å². The van der Waals surface area contributed by atoms with Gasteiger partial charge in [-0.25, -0.2) is 0 Å². The van der Waals surface area contributed by atoms with E-state index in [0.717, 1.165) is 6.61 Å². The summed E-state index contributed by atoms with van der Waals surface area (Å²) >= 11 is 4.74. The summed E-state index contributed by atoms with van der Waals surface area (Å²) in [5.74, 6) is 0. The number of rotatable bonds is 1. The van der Waals surface area contributed by atoms with E-state index >= 15 is 0 Å². The van der Waals surface area contributed by atoms with Crippen LogP contribution in [0.15, 0.2) is 37.5 Å². The largest absolute Gasteiger partial charge is 0.360 e. The fourth-order valence-electron chi connectivity index (χ4n) is 1.56. The molecule has 1 nitrogen and oxygen atoms in total. The fraction of sp³-hybridized carbons (Fsp3) is 0.273. The van der Waals surface area contributed by atoms with Gasteiger partial charge in [-0.3, -0.25) is 0 Å². The molecule has 0 saturated heterocycles. The van der Waals surface area contributed by atoms with Crippen LogP contribution in [0.4, 0.5) is 0 Å². The summed E-state index contributed by atoms with van der Waals surface area (Å²) in [5, 5.41) is 0. The van der Waals surface area contributed by atoms with Crippen molar-refractivity contribution in [1.29, 1.82) is 0 Å². The zero-order chi connectivity index (χ0) is 10.2. The molecule has 0 fully saturated rings. The van der Waals surface area contributed by atoms with Crippen molar-refractivity contribution < 1.29 is 4.74 Å². The molecular formula is C11H10I2O. The van der Waals surface area contributed by atoms with E-state index in [2.05, 4.69) is 76.4 Å². The minimum atomic E-state index is -0.224. The molecule has 0 bridgehead atoms. The quantitative estimate of drug-likeness (QED) is 0.634. The Hall–Kier alpha value is 0.380. The minimum absolute atomic E-state index is 0.224. The number of hydrogen-bond acceptors (Lipinski definition) is 1. The van der Waals surface area contributed by atoms with E-state index < -0.39 is 0 Å². The molecule has 0 saturated carbocycles. The van der Waals surface area contributed by atoms with Gasteiger partial charge in [0.25, 0.3) is 0 Å². The molecule has 0 radical (unpaired) electrons. The van der Waals surface area contributed by atoms with Crippen molar-refractivity contribution in [2.75, 3.05) is 6.61 Å². The van der Waals surface area contributed by atoms with Crippen molar-refractivity contribution in [2.45, 2.75) is 12.5 Å². The van der Waals surface area contributed by atoms with E-state index in [0.29, 0.717) is 0 Å². The van der Waals surface area contributed by atoms with Crippen LogP contribution in [0.1, 0.15) is 12.5 Å². The molecule has 0 N–H and O–H groups in total. The van der Waals surface area contributed by atoms with E-state index in [9.17, 15) is 0 Å². The summed E-state index contributed by atoms with van der Waals surface area (Å²) in [6.45, 7) is 2.87. The smallest absolute Gasteiger partial charge is 0.122 e. The van der Waals surface area contributed by atoms with Crippen LogP contribution >= 0.6 is 45.2 Å². The molecule has 0 amide bonds. The van der Waals surface area contributed by atoms with Gasteiger partial charge in [-0.2, -0.15) is 0 Å². The summed E-state index contributed by atoms with van der Waals surface area (Å²) in [4.78, 5) is 0. The number of ether oxygens (including phenoxy) is 1. The average molecular weight is 412 g/mol. The van der Waals surface area contributed by atoms with Crippen molar-refractivity contribution >= 4 is 45.2 Å². The normalized spacial score (nSPS) is 27.1. The SMILES string of the molecule is CC1(c2ccccc2)OCC(I)=C1I. The van der Waals surface area contributed by atoms with Gasteiger partial charge in [-0.1, -0.05) is 30.3 Å². The van der Waals surface area contributed by atoms with Crippen LogP contribution in [0.25, 0.3) is 0 Å². The van der Waals surface area contributed by atoms with E-state index in [1.807, 2.05) is 6.07 Å². The third kappa shape index (κ3) is 1.74. The highest BCUT2D eigenvalue weighted by Crippen LogP contribution is 2.45. The predicted molar refractivity (Wildman–Crippen MR) is 74.8 cm³/mol.